The highest BCUT2D eigenvalue weighted by atomic mass is 32.2. The van der Waals surface area contributed by atoms with Gasteiger partial charge in [0.1, 0.15) is 5.75 Å². The van der Waals surface area contributed by atoms with E-state index in [2.05, 4.69) is 4.72 Å². The number of nitrogens with one attached hydrogen (secondary N) is 1. The minimum atomic E-state index is -3.68. The van der Waals surface area contributed by atoms with Crippen molar-refractivity contribution in [2.75, 3.05) is 40.3 Å². The average Bonchev–Trinajstić information content (AvgIpc) is 2.80. The van der Waals surface area contributed by atoms with E-state index in [9.17, 15) is 18.0 Å². The van der Waals surface area contributed by atoms with Gasteiger partial charge in [-0.05, 0) is 61.9 Å². The standard InChI is InChI=1S/C23H29N3O5S/c1-16-12-19(15-21(17(16)2)32(29,30)24-3)23(28)26-10-8-25(9-11-26)22(27)14-18-6-5-7-20(13-18)31-4/h5-7,12-13,15,24H,8-11,14H2,1-4H3. The molecule has 8 nitrogen and oxygen atoms in total. The summed E-state index contributed by atoms with van der Waals surface area (Å²) >= 11 is 0. The third kappa shape index (κ3) is 5.11. The van der Waals surface area contributed by atoms with Crippen LogP contribution in [-0.4, -0.2) is 70.4 Å². The van der Waals surface area contributed by atoms with Crippen molar-refractivity contribution in [2.24, 2.45) is 0 Å². The Balaban J connectivity index is 1.67. The summed E-state index contributed by atoms with van der Waals surface area (Å²) in [5.41, 5.74) is 2.56. The Morgan fingerprint density at radius 1 is 1.03 bits per heavy atom. The lowest BCUT2D eigenvalue weighted by atomic mass is 10.0. The topological polar surface area (TPSA) is 96.0 Å². The second kappa shape index (κ2) is 9.70. The highest BCUT2D eigenvalue weighted by molar-refractivity contribution is 7.89. The molecule has 172 valence electrons. The summed E-state index contributed by atoms with van der Waals surface area (Å²) in [5, 5.41) is 0. The number of sulfonamides is 1. The van der Waals surface area contributed by atoms with Crippen LogP contribution >= 0.6 is 0 Å². The molecule has 0 spiro atoms. The first-order valence-electron chi connectivity index (χ1n) is 10.4. The van der Waals surface area contributed by atoms with E-state index in [-0.39, 0.29) is 23.1 Å². The molecule has 9 heteroatoms. The molecule has 32 heavy (non-hydrogen) atoms. The highest BCUT2D eigenvalue weighted by Crippen LogP contribution is 2.22. The first-order valence-corrected chi connectivity index (χ1v) is 11.9. The third-order valence-corrected chi connectivity index (χ3v) is 7.37. The zero-order valence-corrected chi connectivity index (χ0v) is 19.7. The summed E-state index contributed by atoms with van der Waals surface area (Å²) in [7, 11) is -0.741. The van der Waals surface area contributed by atoms with E-state index in [0.29, 0.717) is 43.1 Å². The Labute approximate surface area is 189 Å². The maximum atomic E-state index is 13.1. The van der Waals surface area contributed by atoms with Crippen molar-refractivity contribution in [3.63, 3.8) is 0 Å². The van der Waals surface area contributed by atoms with Gasteiger partial charge in [0.25, 0.3) is 5.91 Å². The molecule has 0 radical (unpaired) electrons. The monoisotopic (exact) mass is 459 g/mol. The van der Waals surface area contributed by atoms with Crippen LogP contribution in [0.1, 0.15) is 27.0 Å². The number of amides is 2. The van der Waals surface area contributed by atoms with Gasteiger partial charge in [0.05, 0.1) is 18.4 Å². The largest absolute Gasteiger partial charge is 0.497 e. The Bertz CT molecular complexity index is 1120. The van der Waals surface area contributed by atoms with Gasteiger partial charge in [-0.15, -0.1) is 0 Å². The number of nitrogens with zero attached hydrogens (tertiary/aromatic N) is 2. The predicted octanol–water partition coefficient (Wildman–Crippen LogP) is 1.75. The van der Waals surface area contributed by atoms with Gasteiger partial charge in [0.15, 0.2) is 0 Å². The first-order chi connectivity index (χ1) is 15.2. The number of aryl methyl sites for hydroxylation is 1. The fraction of sp³-hybridized carbons (Fsp3) is 0.391. The lowest BCUT2D eigenvalue weighted by Gasteiger charge is -2.35. The molecule has 0 bridgehead atoms. The summed E-state index contributed by atoms with van der Waals surface area (Å²) in [5.74, 6) is 0.471. The molecule has 0 atom stereocenters. The molecule has 1 heterocycles. The molecule has 2 aromatic carbocycles. The van der Waals surface area contributed by atoms with Crippen molar-refractivity contribution in [1.29, 1.82) is 0 Å². The molecule has 1 aliphatic rings. The number of carbonyl (C=O) groups is 2. The fourth-order valence-electron chi connectivity index (χ4n) is 3.75. The van der Waals surface area contributed by atoms with Crippen molar-refractivity contribution in [2.45, 2.75) is 25.2 Å². The number of benzene rings is 2. The van der Waals surface area contributed by atoms with Crippen molar-refractivity contribution in [3.05, 3.63) is 58.7 Å². The van der Waals surface area contributed by atoms with E-state index < -0.39 is 10.0 Å². The van der Waals surface area contributed by atoms with E-state index in [4.69, 9.17) is 4.74 Å². The smallest absolute Gasteiger partial charge is 0.254 e. The molecule has 0 unspecified atom stereocenters. The average molecular weight is 460 g/mol. The van der Waals surface area contributed by atoms with E-state index in [1.54, 1.807) is 36.8 Å². The van der Waals surface area contributed by atoms with Crippen molar-refractivity contribution in [3.8, 4) is 5.75 Å². The minimum absolute atomic E-state index is 0.000989. The van der Waals surface area contributed by atoms with Crippen LogP contribution in [0.3, 0.4) is 0 Å². The van der Waals surface area contributed by atoms with E-state index >= 15 is 0 Å². The van der Waals surface area contributed by atoms with Crippen LogP contribution in [0.25, 0.3) is 0 Å². The zero-order chi connectivity index (χ0) is 23.5. The molecular formula is C23H29N3O5S. The molecule has 2 aromatic rings. The molecular weight excluding hydrogens is 430 g/mol. The molecule has 1 saturated heterocycles. The number of methoxy groups -OCH3 is 1. The predicted molar refractivity (Wildman–Crippen MR) is 121 cm³/mol. The fourth-order valence-corrected chi connectivity index (χ4v) is 4.82. The number of hydrogen-bond donors (Lipinski definition) is 1. The van der Waals surface area contributed by atoms with Gasteiger partial charge in [-0.25, -0.2) is 13.1 Å². The van der Waals surface area contributed by atoms with Crippen LogP contribution in [0, 0.1) is 13.8 Å². The first kappa shape index (κ1) is 23.7. The van der Waals surface area contributed by atoms with Crippen LogP contribution in [0.15, 0.2) is 41.3 Å². The Hall–Kier alpha value is -2.91. The van der Waals surface area contributed by atoms with Gasteiger partial charge in [-0.2, -0.15) is 0 Å². The SMILES string of the molecule is CNS(=O)(=O)c1cc(C(=O)N2CCN(C(=O)Cc3cccc(OC)c3)CC2)cc(C)c1C. The molecule has 1 aliphatic heterocycles. The second-order valence-electron chi connectivity index (χ2n) is 7.83. The van der Waals surface area contributed by atoms with Gasteiger partial charge in [-0.1, -0.05) is 12.1 Å². The number of hydrogen-bond acceptors (Lipinski definition) is 5. The van der Waals surface area contributed by atoms with Crippen LogP contribution in [-0.2, 0) is 21.2 Å². The van der Waals surface area contributed by atoms with Crippen LogP contribution in [0.4, 0.5) is 0 Å². The van der Waals surface area contributed by atoms with Crippen molar-refractivity contribution in [1.82, 2.24) is 14.5 Å². The highest BCUT2D eigenvalue weighted by Gasteiger charge is 2.27. The van der Waals surface area contributed by atoms with Crippen LogP contribution in [0.5, 0.6) is 5.75 Å². The number of ether oxygens (including phenoxy) is 1. The summed E-state index contributed by atoms with van der Waals surface area (Å²) in [6.45, 7) is 5.16. The second-order valence-corrected chi connectivity index (χ2v) is 9.68. The van der Waals surface area contributed by atoms with Gasteiger partial charge < -0.3 is 14.5 Å². The molecule has 0 saturated carbocycles. The number of piperazine rings is 1. The maximum Gasteiger partial charge on any atom is 0.254 e. The van der Waals surface area contributed by atoms with E-state index in [1.165, 1.54) is 13.1 Å². The van der Waals surface area contributed by atoms with Crippen molar-refractivity contribution >= 4 is 21.8 Å². The van der Waals surface area contributed by atoms with Crippen molar-refractivity contribution < 1.29 is 22.7 Å². The van der Waals surface area contributed by atoms with E-state index in [1.807, 2.05) is 24.3 Å². The summed E-state index contributed by atoms with van der Waals surface area (Å²) in [4.78, 5) is 29.3. The Kier molecular flexibility index (Phi) is 7.20. The Morgan fingerprint density at radius 3 is 2.31 bits per heavy atom. The molecule has 0 aliphatic carbocycles. The molecule has 1 N–H and O–H groups in total. The summed E-state index contributed by atoms with van der Waals surface area (Å²) in [6, 6.07) is 10.6. The lowest BCUT2D eigenvalue weighted by molar-refractivity contribution is -0.131. The maximum absolute atomic E-state index is 13.1. The van der Waals surface area contributed by atoms with Gasteiger partial charge in [0.2, 0.25) is 15.9 Å². The minimum Gasteiger partial charge on any atom is -0.497 e. The summed E-state index contributed by atoms with van der Waals surface area (Å²) in [6.07, 6.45) is 0.271. The zero-order valence-electron chi connectivity index (χ0n) is 18.8. The quantitative estimate of drug-likeness (QED) is 0.710. The normalized spacial score (nSPS) is 14.4. The van der Waals surface area contributed by atoms with Crippen LogP contribution < -0.4 is 9.46 Å². The van der Waals surface area contributed by atoms with E-state index in [0.717, 1.165) is 11.1 Å². The lowest BCUT2D eigenvalue weighted by Crippen LogP contribution is -2.51. The third-order valence-electron chi connectivity index (χ3n) is 5.83. The molecule has 3 rings (SSSR count). The molecule has 1 fully saturated rings. The van der Waals surface area contributed by atoms with Gasteiger partial charge in [0, 0.05) is 31.7 Å². The van der Waals surface area contributed by atoms with Crippen LogP contribution in [0.2, 0.25) is 0 Å². The number of rotatable bonds is 6. The summed E-state index contributed by atoms with van der Waals surface area (Å²) < 4.78 is 32.2. The van der Waals surface area contributed by atoms with Gasteiger partial charge >= 0.3 is 0 Å². The number of carbonyl (C=O) groups excluding carboxylic acids is 2. The Morgan fingerprint density at radius 2 is 1.69 bits per heavy atom. The molecule has 0 aromatic heterocycles. The van der Waals surface area contributed by atoms with Gasteiger partial charge in [-0.3, -0.25) is 9.59 Å². The molecule has 2 amide bonds.